The van der Waals surface area contributed by atoms with Gasteiger partial charge in [0.25, 0.3) is 5.56 Å². The van der Waals surface area contributed by atoms with E-state index in [0.717, 1.165) is 82.6 Å². The molecule has 10 heteroatoms. The highest BCUT2D eigenvalue weighted by atomic mass is 16.6. The van der Waals surface area contributed by atoms with E-state index in [0.29, 0.717) is 11.6 Å². The summed E-state index contributed by atoms with van der Waals surface area (Å²) in [6.07, 6.45) is 9.38. The third-order valence-electron chi connectivity index (χ3n) is 10.0. The molecule has 1 aromatic carbocycles. The maximum Gasteiger partial charge on any atom is 0.410 e. The molecule has 2 atom stereocenters. The zero-order valence-electron chi connectivity index (χ0n) is 27.0. The number of aromatic nitrogens is 3. The van der Waals surface area contributed by atoms with Gasteiger partial charge in [0.05, 0.1) is 12.6 Å². The van der Waals surface area contributed by atoms with Gasteiger partial charge in [0, 0.05) is 61.9 Å². The SMILES string of the molecule is CC(C)n1c(=O)ccc2cnc(N[C@@H](C)c3ccc(C4(CCN5CCN(C(=O)OC6CCCCC6)CC5)CCOC4)cc3)nc21. The summed E-state index contributed by atoms with van der Waals surface area (Å²) in [5, 5.41) is 4.27. The van der Waals surface area contributed by atoms with Crippen LogP contribution in [0.4, 0.5) is 10.7 Å². The van der Waals surface area contributed by atoms with Gasteiger partial charge in [0.1, 0.15) is 11.8 Å². The largest absolute Gasteiger partial charge is 0.446 e. The van der Waals surface area contributed by atoms with Crippen LogP contribution in [0.25, 0.3) is 11.0 Å². The van der Waals surface area contributed by atoms with Crippen molar-refractivity contribution in [3.05, 3.63) is 64.1 Å². The summed E-state index contributed by atoms with van der Waals surface area (Å²) in [5.74, 6) is 0.502. The number of benzene rings is 1. The van der Waals surface area contributed by atoms with Crippen LogP contribution in [0.1, 0.15) is 88.9 Å². The maximum atomic E-state index is 12.7. The van der Waals surface area contributed by atoms with E-state index in [1.807, 2.05) is 18.7 Å². The van der Waals surface area contributed by atoms with E-state index in [1.165, 1.54) is 24.8 Å². The number of anilines is 1. The first-order valence-electron chi connectivity index (χ1n) is 16.8. The summed E-state index contributed by atoms with van der Waals surface area (Å²) in [7, 11) is 0. The molecule has 3 fully saturated rings. The zero-order chi connectivity index (χ0) is 31.4. The second kappa shape index (κ2) is 13.9. The Bertz CT molecular complexity index is 1500. The van der Waals surface area contributed by atoms with Crippen molar-refractivity contribution in [1.29, 1.82) is 0 Å². The standard InChI is InChI=1S/C35H48N6O4/c1-25(2)41-31(42)14-11-28-23-36-33(38-32(28)41)37-26(3)27-9-12-29(13-10-27)35(16-22-44-24-35)15-17-39-18-20-40(21-19-39)34(43)45-30-7-5-4-6-8-30/h9-14,23,25-26,30H,4-8,15-22,24H2,1-3H3,(H,36,37,38)/t26-,35?/m0/s1. The highest BCUT2D eigenvalue weighted by molar-refractivity contribution is 5.75. The summed E-state index contributed by atoms with van der Waals surface area (Å²) in [6, 6.07) is 12.2. The Kier molecular flexibility index (Phi) is 9.70. The molecular weight excluding hydrogens is 568 g/mol. The van der Waals surface area contributed by atoms with Gasteiger partial charge in [-0.1, -0.05) is 30.7 Å². The molecule has 3 aliphatic rings. The molecule has 3 aromatic rings. The van der Waals surface area contributed by atoms with E-state index >= 15 is 0 Å². The number of carbonyl (C=O) groups is 1. The minimum Gasteiger partial charge on any atom is -0.446 e. The summed E-state index contributed by atoms with van der Waals surface area (Å²) in [5.41, 5.74) is 3.03. The van der Waals surface area contributed by atoms with E-state index in [-0.39, 0.29) is 35.3 Å². The molecule has 2 saturated heterocycles. The monoisotopic (exact) mass is 616 g/mol. The Morgan fingerprint density at radius 1 is 1.04 bits per heavy atom. The lowest BCUT2D eigenvalue weighted by atomic mass is 9.76. The van der Waals surface area contributed by atoms with Gasteiger partial charge < -0.3 is 19.7 Å². The van der Waals surface area contributed by atoms with Gasteiger partial charge in [-0.05, 0) is 83.0 Å². The highest BCUT2D eigenvalue weighted by Crippen LogP contribution is 2.37. The average molecular weight is 617 g/mol. The van der Waals surface area contributed by atoms with Gasteiger partial charge in [0.15, 0.2) is 0 Å². The molecule has 2 aliphatic heterocycles. The van der Waals surface area contributed by atoms with Crippen molar-refractivity contribution < 1.29 is 14.3 Å². The number of carbonyl (C=O) groups excluding carboxylic acids is 1. The predicted molar refractivity (Wildman–Crippen MR) is 176 cm³/mol. The van der Waals surface area contributed by atoms with Crippen LogP contribution in [-0.2, 0) is 14.9 Å². The van der Waals surface area contributed by atoms with E-state index in [2.05, 4.69) is 46.4 Å². The number of piperazine rings is 1. The topological polar surface area (TPSA) is 102 Å². The molecular formula is C35H48N6O4. The summed E-state index contributed by atoms with van der Waals surface area (Å²) in [6.45, 7) is 11.8. The van der Waals surface area contributed by atoms with E-state index in [1.54, 1.807) is 22.9 Å². The number of pyridine rings is 1. The molecule has 10 nitrogen and oxygen atoms in total. The van der Waals surface area contributed by atoms with Gasteiger partial charge in [-0.3, -0.25) is 14.3 Å². The number of nitrogens with zero attached hydrogens (tertiary/aromatic N) is 5. The molecule has 242 valence electrons. The molecule has 4 heterocycles. The van der Waals surface area contributed by atoms with Crippen molar-refractivity contribution in [1.82, 2.24) is 24.3 Å². The molecule has 2 aromatic heterocycles. The Morgan fingerprint density at radius 2 is 1.80 bits per heavy atom. The molecule has 1 aliphatic carbocycles. The first-order chi connectivity index (χ1) is 21.8. The number of amides is 1. The number of fused-ring (bicyclic) bond motifs is 1. The predicted octanol–water partition coefficient (Wildman–Crippen LogP) is 5.68. The van der Waals surface area contributed by atoms with Crippen molar-refractivity contribution in [2.24, 2.45) is 0 Å². The van der Waals surface area contributed by atoms with Gasteiger partial charge >= 0.3 is 6.09 Å². The lowest BCUT2D eigenvalue weighted by Gasteiger charge is -2.37. The lowest BCUT2D eigenvalue weighted by molar-refractivity contribution is 0.0319. The Hall–Kier alpha value is -3.50. The molecule has 45 heavy (non-hydrogen) atoms. The first kappa shape index (κ1) is 31.5. The smallest absolute Gasteiger partial charge is 0.410 e. The first-order valence-corrected chi connectivity index (χ1v) is 16.8. The van der Waals surface area contributed by atoms with Crippen LogP contribution in [0, 0.1) is 0 Å². The van der Waals surface area contributed by atoms with E-state index < -0.39 is 0 Å². The molecule has 0 spiro atoms. The fourth-order valence-electron chi connectivity index (χ4n) is 7.11. The summed E-state index contributed by atoms with van der Waals surface area (Å²) in [4.78, 5) is 38.8. The molecule has 1 N–H and O–H groups in total. The third kappa shape index (κ3) is 7.17. The number of ether oxygens (including phenoxy) is 2. The lowest BCUT2D eigenvalue weighted by Crippen LogP contribution is -2.50. The van der Waals surface area contributed by atoms with Gasteiger partial charge in [-0.15, -0.1) is 0 Å². The molecule has 1 amide bonds. The average Bonchev–Trinajstić information content (AvgIpc) is 3.54. The molecule has 0 radical (unpaired) electrons. The fourth-order valence-corrected chi connectivity index (χ4v) is 7.11. The van der Waals surface area contributed by atoms with Crippen LogP contribution in [0.3, 0.4) is 0 Å². The molecule has 0 bridgehead atoms. The van der Waals surface area contributed by atoms with Crippen LogP contribution in [-0.4, -0.2) is 82.5 Å². The van der Waals surface area contributed by atoms with E-state index in [9.17, 15) is 9.59 Å². The third-order valence-corrected chi connectivity index (χ3v) is 10.0. The number of rotatable bonds is 9. The van der Waals surface area contributed by atoms with Crippen molar-refractivity contribution in [3.63, 3.8) is 0 Å². The normalized spacial score (nSPS) is 22.2. The van der Waals surface area contributed by atoms with Crippen molar-refractivity contribution in [2.45, 2.75) is 89.3 Å². The molecule has 1 saturated carbocycles. The van der Waals surface area contributed by atoms with Gasteiger partial charge in [0.2, 0.25) is 5.95 Å². The van der Waals surface area contributed by atoms with E-state index in [4.69, 9.17) is 14.5 Å². The summed E-state index contributed by atoms with van der Waals surface area (Å²) >= 11 is 0. The minimum absolute atomic E-state index is 0.000156. The van der Waals surface area contributed by atoms with Crippen LogP contribution in [0.15, 0.2) is 47.4 Å². The zero-order valence-corrected chi connectivity index (χ0v) is 27.0. The molecule has 1 unspecified atom stereocenters. The second-order valence-corrected chi connectivity index (χ2v) is 13.4. The van der Waals surface area contributed by atoms with Crippen molar-refractivity contribution in [3.8, 4) is 0 Å². The Labute approximate surface area is 266 Å². The van der Waals surface area contributed by atoms with Gasteiger partial charge in [-0.2, -0.15) is 4.98 Å². The van der Waals surface area contributed by atoms with Crippen molar-refractivity contribution >= 4 is 23.1 Å². The minimum atomic E-state index is -0.131. The number of hydrogen-bond donors (Lipinski definition) is 1. The van der Waals surface area contributed by atoms with Crippen LogP contribution in [0.2, 0.25) is 0 Å². The number of hydrogen-bond acceptors (Lipinski definition) is 8. The van der Waals surface area contributed by atoms with Gasteiger partial charge in [-0.25, -0.2) is 9.78 Å². The Morgan fingerprint density at radius 3 is 2.49 bits per heavy atom. The van der Waals surface area contributed by atoms with Crippen LogP contribution < -0.4 is 10.9 Å². The fraction of sp³-hybridized carbons (Fsp3) is 0.600. The second-order valence-electron chi connectivity index (χ2n) is 13.4. The van der Waals surface area contributed by atoms with Crippen molar-refractivity contribution in [2.75, 3.05) is 51.3 Å². The van der Waals surface area contributed by atoms with Crippen LogP contribution >= 0.6 is 0 Å². The highest BCUT2D eigenvalue weighted by Gasteiger charge is 2.37. The quantitative estimate of drug-likeness (QED) is 0.328. The Balaban J connectivity index is 1.05. The van der Waals surface area contributed by atoms with Crippen LogP contribution in [0.5, 0.6) is 0 Å². The summed E-state index contributed by atoms with van der Waals surface area (Å²) < 4.78 is 13.5. The molecule has 6 rings (SSSR count). The maximum absolute atomic E-state index is 12.7. The number of nitrogens with one attached hydrogen (secondary N) is 1.